The molecule has 1 heterocycles. The second kappa shape index (κ2) is 6.62. The minimum absolute atomic E-state index is 0.0634. The van der Waals surface area contributed by atoms with Gasteiger partial charge in [-0.1, -0.05) is 6.42 Å². The fraction of sp³-hybridized carbons (Fsp3) is 1.00. The van der Waals surface area contributed by atoms with E-state index in [4.69, 9.17) is 9.84 Å². The summed E-state index contributed by atoms with van der Waals surface area (Å²) >= 11 is 0. The van der Waals surface area contributed by atoms with Crippen LogP contribution >= 0.6 is 0 Å². The average molecular weight is 295 g/mol. The van der Waals surface area contributed by atoms with E-state index in [0.29, 0.717) is 32.6 Å². The van der Waals surface area contributed by atoms with E-state index >= 15 is 0 Å². The standard InChI is InChI=1S/C14H24F3NO2/c15-14(16,17)11-2-1-3-12(8-11)18-9-13(4-6-19)5-7-20-10-13/h11-12,18-19H,1-10H2. The highest BCUT2D eigenvalue weighted by Crippen LogP contribution is 2.38. The average Bonchev–Trinajstić information content (AvgIpc) is 2.85. The summed E-state index contributed by atoms with van der Waals surface area (Å²) in [5.41, 5.74) is -0.0973. The van der Waals surface area contributed by atoms with Gasteiger partial charge in [-0.25, -0.2) is 0 Å². The number of aliphatic hydroxyl groups excluding tert-OH is 1. The first-order valence-corrected chi connectivity index (χ1v) is 7.44. The third-order valence-electron chi connectivity index (χ3n) is 4.73. The lowest BCUT2D eigenvalue weighted by atomic mass is 9.81. The molecule has 0 radical (unpaired) electrons. The number of ether oxygens (including phenoxy) is 1. The van der Waals surface area contributed by atoms with Gasteiger partial charge in [0.05, 0.1) is 12.5 Å². The smallest absolute Gasteiger partial charge is 0.391 e. The Kier molecular flexibility index (Phi) is 5.31. The molecule has 0 aromatic rings. The molecular formula is C14H24F3NO2. The maximum absolute atomic E-state index is 12.8. The molecule has 1 aliphatic carbocycles. The second-order valence-corrected chi connectivity index (χ2v) is 6.26. The lowest BCUT2D eigenvalue weighted by Gasteiger charge is -2.34. The van der Waals surface area contributed by atoms with E-state index in [1.165, 1.54) is 0 Å². The lowest BCUT2D eigenvalue weighted by Crippen LogP contribution is -2.44. The van der Waals surface area contributed by atoms with Crippen molar-refractivity contribution in [2.24, 2.45) is 11.3 Å². The highest BCUT2D eigenvalue weighted by Gasteiger charge is 2.42. The van der Waals surface area contributed by atoms with Crippen LogP contribution in [0.1, 0.15) is 38.5 Å². The van der Waals surface area contributed by atoms with E-state index in [-0.39, 0.29) is 30.9 Å². The van der Waals surface area contributed by atoms with E-state index in [1.807, 2.05) is 0 Å². The fourth-order valence-electron chi connectivity index (χ4n) is 3.34. The Balaban J connectivity index is 1.83. The zero-order chi connectivity index (χ0) is 14.6. The zero-order valence-electron chi connectivity index (χ0n) is 11.7. The van der Waals surface area contributed by atoms with Crippen LogP contribution in [0, 0.1) is 11.3 Å². The molecule has 2 fully saturated rings. The molecule has 0 spiro atoms. The van der Waals surface area contributed by atoms with Crippen LogP contribution in [-0.4, -0.2) is 43.7 Å². The number of alkyl halides is 3. The molecule has 2 aliphatic rings. The summed E-state index contributed by atoms with van der Waals surface area (Å²) in [7, 11) is 0. The van der Waals surface area contributed by atoms with E-state index in [2.05, 4.69) is 5.32 Å². The molecule has 2 rings (SSSR count). The SMILES string of the molecule is OCCC1(CNC2CCCC(C(F)(F)F)C2)CCOC1. The molecule has 1 saturated heterocycles. The van der Waals surface area contributed by atoms with Crippen LogP contribution in [0.15, 0.2) is 0 Å². The predicted octanol–water partition coefficient (Wildman–Crippen LogP) is 2.49. The van der Waals surface area contributed by atoms with Crippen molar-refractivity contribution in [3.05, 3.63) is 0 Å². The van der Waals surface area contributed by atoms with Crippen LogP contribution in [0.2, 0.25) is 0 Å². The van der Waals surface area contributed by atoms with Gasteiger partial charge in [0.15, 0.2) is 0 Å². The first-order chi connectivity index (χ1) is 9.45. The van der Waals surface area contributed by atoms with Gasteiger partial charge in [-0.05, 0) is 32.1 Å². The number of aliphatic hydroxyl groups is 1. The van der Waals surface area contributed by atoms with Gasteiger partial charge in [-0.2, -0.15) is 13.2 Å². The first-order valence-electron chi connectivity index (χ1n) is 7.44. The topological polar surface area (TPSA) is 41.5 Å². The van der Waals surface area contributed by atoms with Crippen LogP contribution in [0.3, 0.4) is 0 Å². The molecule has 3 unspecified atom stereocenters. The van der Waals surface area contributed by atoms with E-state index < -0.39 is 12.1 Å². The highest BCUT2D eigenvalue weighted by atomic mass is 19.4. The van der Waals surface area contributed by atoms with Crippen molar-refractivity contribution in [2.75, 3.05) is 26.4 Å². The Labute approximate surface area is 117 Å². The van der Waals surface area contributed by atoms with Gasteiger partial charge in [0.2, 0.25) is 0 Å². The Morgan fingerprint density at radius 2 is 2.10 bits per heavy atom. The number of halogens is 3. The fourth-order valence-corrected chi connectivity index (χ4v) is 3.34. The maximum atomic E-state index is 12.8. The Morgan fingerprint density at radius 3 is 2.70 bits per heavy atom. The molecule has 118 valence electrons. The van der Waals surface area contributed by atoms with Gasteiger partial charge in [-0.15, -0.1) is 0 Å². The lowest BCUT2D eigenvalue weighted by molar-refractivity contribution is -0.183. The van der Waals surface area contributed by atoms with Crippen LogP contribution in [0.4, 0.5) is 13.2 Å². The minimum atomic E-state index is -4.07. The van der Waals surface area contributed by atoms with Crippen molar-refractivity contribution in [3.63, 3.8) is 0 Å². The molecule has 0 aromatic carbocycles. The summed E-state index contributed by atoms with van der Waals surface area (Å²) in [6.45, 7) is 2.01. The molecule has 1 saturated carbocycles. The van der Waals surface area contributed by atoms with Crippen molar-refractivity contribution >= 4 is 0 Å². The summed E-state index contributed by atoms with van der Waals surface area (Å²) in [6, 6.07) is -0.0634. The summed E-state index contributed by atoms with van der Waals surface area (Å²) in [6.07, 6.45) is -0.675. The van der Waals surface area contributed by atoms with Crippen LogP contribution < -0.4 is 5.32 Å². The van der Waals surface area contributed by atoms with Gasteiger partial charge >= 0.3 is 6.18 Å². The Bertz CT molecular complexity index is 303. The second-order valence-electron chi connectivity index (χ2n) is 6.26. The van der Waals surface area contributed by atoms with E-state index in [1.54, 1.807) is 0 Å². The number of nitrogens with one attached hydrogen (secondary N) is 1. The largest absolute Gasteiger partial charge is 0.396 e. The maximum Gasteiger partial charge on any atom is 0.391 e. The van der Waals surface area contributed by atoms with Gasteiger partial charge in [-0.3, -0.25) is 0 Å². The molecule has 0 bridgehead atoms. The monoisotopic (exact) mass is 295 g/mol. The molecule has 3 atom stereocenters. The van der Waals surface area contributed by atoms with Crippen molar-refractivity contribution in [1.29, 1.82) is 0 Å². The molecule has 1 aliphatic heterocycles. The molecule has 2 N–H and O–H groups in total. The summed E-state index contributed by atoms with van der Waals surface area (Å²) in [5.74, 6) is -1.16. The zero-order valence-corrected chi connectivity index (χ0v) is 11.7. The summed E-state index contributed by atoms with van der Waals surface area (Å²) in [5, 5.41) is 12.4. The van der Waals surface area contributed by atoms with Gasteiger partial charge in [0, 0.05) is 31.2 Å². The minimum Gasteiger partial charge on any atom is -0.396 e. The number of hydrogen-bond acceptors (Lipinski definition) is 3. The molecule has 20 heavy (non-hydrogen) atoms. The van der Waals surface area contributed by atoms with Crippen LogP contribution in [0.5, 0.6) is 0 Å². The summed E-state index contributed by atoms with van der Waals surface area (Å²) in [4.78, 5) is 0. The Hall–Kier alpha value is -0.330. The van der Waals surface area contributed by atoms with Gasteiger partial charge in [0.25, 0.3) is 0 Å². The quantitative estimate of drug-likeness (QED) is 0.819. The van der Waals surface area contributed by atoms with Gasteiger partial charge < -0.3 is 15.2 Å². The molecular weight excluding hydrogens is 271 g/mol. The number of rotatable bonds is 5. The molecule has 3 nitrogen and oxygen atoms in total. The van der Waals surface area contributed by atoms with Crippen molar-refractivity contribution < 1.29 is 23.0 Å². The van der Waals surface area contributed by atoms with E-state index in [9.17, 15) is 13.2 Å². The van der Waals surface area contributed by atoms with Gasteiger partial charge in [0.1, 0.15) is 0 Å². The summed E-state index contributed by atoms with van der Waals surface area (Å²) < 4.78 is 43.7. The molecule has 0 aromatic heterocycles. The molecule has 0 amide bonds. The first kappa shape index (κ1) is 16.0. The predicted molar refractivity (Wildman–Crippen MR) is 69.4 cm³/mol. The van der Waals surface area contributed by atoms with Crippen LogP contribution in [-0.2, 0) is 4.74 Å². The van der Waals surface area contributed by atoms with E-state index in [0.717, 1.165) is 12.8 Å². The highest BCUT2D eigenvalue weighted by molar-refractivity contribution is 4.88. The van der Waals surface area contributed by atoms with Crippen molar-refractivity contribution in [1.82, 2.24) is 5.32 Å². The normalized spacial score (nSPS) is 35.4. The third kappa shape index (κ3) is 4.09. The van der Waals surface area contributed by atoms with Crippen molar-refractivity contribution in [3.8, 4) is 0 Å². The third-order valence-corrected chi connectivity index (χ3v) is 4.73. The molecule has 6 heteroatoms. The number of hydrogen-bond donors (Lipinski definition) is 2. The van der Waals surface area contributed by atoms with Crippen LogP contribution in [0.25, 0.3) is 0 Å². The van der Waals surface area contributed by atoms with Crippen molar-refractivity contribution in [2.45, 2.75) is 50.7 Å². The Morgan fingerprint density at radius 1 is 1.30 bits per heavy atom.